The quantitative estimate of drug-likeness (QED) is 0.381. The Kier molecular flexibility index (Phi) is 6.69. The second-order valence-corrected chi connectivity index (χ2v) is 11.1. The predicted molar refractivity (Wildman–Crippen MR) is 145 cm³/mol. The largest absolute Gasteiger partial charge is 0.439 e. The second-order valence-electron chi connectivity index (χ2n) is 10.7. The maximum Gasteiger partial charge on any atom is 0.439 e. The first-order chi connectivity index (χ1) is 18.4. The minimum Gasteiger partial charge on any atom is -0.375 e. The molecule has 0 amide bonds. The number of aromatic nitrogens is 6. The number of H-pyrrole nitrogens is 1. The Labute approximate surface area is 225 Å². The van der Waals surface area contributed by atoms with Crippen molar-refractivity contribution in [1.29, 1.82) is 0 Å². The van der Waals surface area contributed by atoms with Crippen LogP contribution in [0.5, 0.6) is 0 Å². The number of ether oxygens (including phenoxy) is 1. The van der Waals surface area contributed by atoms with Crippen molar-refractivity contribution in [3.63, 3.8) is 0 Å². The first-order valence-electron chi connectivity index (χ1n) is 13.4. The van der Waals surface area contributed by atoms with E-state index in [0.29, 0.717) is 28.9 Å². The van der Waals surface area contributed by atoms with Gasteiger partial charge in [0.2, 0.25) is 17.6 Å². The van der Waals surface area contributed by atoms with Crippen LogP contribution in [-0.4, -0.2) is 55.0 Å². The Balaban J connectivity index is 1.58. The standard InChI is InChI=1S/C27H32ClN7O3/c1-15-7-9-18(10-8-15)14-35-22-21(19-5-4-6-20(28)13-19)29-24(25-32-27(36)38-33-25)30-23(22)31-26(35)34-11-12-37-17(3)16(34)2/h4-6,13,15-18H,7-12,14H2,1-3H3,(H,32,33,36)/t15?,16-,17-,18?/m1/s1. The van der Waals surface area contributed by atoms with Gasteiger partial charge in [0.25, 0.3) is 0 Å². The van der Waals surface area contributed by atoms with Crippen LogP contribution in [0.2, 0.25) is 5.02 Å². The Morgan fingerprint density at radius 2 is 1.92 bits per heavy atom. The molecule has 1 saturated heterocycles. The van der Waals surface area contributed by atoms with E-state index in [1.54, 1.807) is 0 Å². The van der Waals surface area contributed by atoms with E-state index in [0.717, 1.165) is 36.0 Å². The van der Waals surface area contributed by atoms with Gasteiger partial charge in [0.05, 0.1) is 18.8 Å². The van der Waals surface area contributed by atoms with Crippen molar-refractivity contribution in [1.82, 2.24) is 29.7 Å². The number of hydrogen-bond donors (Lipinski definition) is 1. The van der Waals surface area contributed by atoms with Gasteiger partial charge in [0, 0.05) is 23.7 Å². The highest BCUT2D eigenvalue weighted by molar-refractivity contribution is 6.30. The minimum absolute atomic E-state index is 0.0711. The van der Waals surface area contributed by atoms with Crippen LogP contribution in [0.1, 0.15) is 46.5 Å². The van der Waals surface area contributed by atoms with Crippen LogP contribution < -0.4 is 10.7 Å². The zero-order valence-corrected chi connectivity index (χ0v) is 22.6. The topological polar surface area (TPSA) is 115 Å². The Hall–Kier alpha value is -3.24. The average Bonchev–Trinajstić information content (AvgIpc) is 3.50. The van der Waals surface area contributed by atoms with Crippen molar-refractivity contribution in [2.75, 3.05) is 18.1 Å². The van der Waals surface area contributed by atoms with E-state index in [-0.39, 0.29) is 23.8 Å². The summed E-state index contributed by atoms with van der Waals surface area (Å²) < 4.78 is 13.0. The summed E-state index contributed by atoms with van der Waals surface area (Å²) >= 11 is 6.41. The molecule has 1 aliphatic carbocycles. The van der Waals surface area contributed by atoms with Crippen LogP contribution >= 0.6 is 11.6 Å². The van der Waals surface area contributed by atoms with Crippen molar-refractivity contribution in [3.8, 4) is 22.9 Å². The van der Waals surface area contributed by atoms with Crippen LogP contribution in [0, 0.1) is 11.8 Å². The van der Waals surface area contributed by atoms with E-state index < -0.39 is 5.76 Å². The van der Waals surface area contributed by atoms with E-state index in [1.807, 2.05) is 24.3 Å². The highest BCUT2D eigenvalue weighted by Gasteiger charge is 2.32. The molecule has 10 nitrogen and oxygen atoms in total. The van der Waals surface area contributed by atoms with Crippen LogP contribution in [0.15, 0.2) is 33.6 Å². The molecule has 1 aromatic carbocycles. The van der Waals surface area contributed by atoms with Crippen molar-refractivity contribution < 1.29 is 9.26 Å². The number of morpholine rings is 1. The third kappa shape index (κ3) is 4.71. The van der Waals surface area contributed by atoms with Gasteiger partial charge in [-0.05, 0) is 50.7 Å². The Bertz CT molecular complexity index is 1500. The number of fused-ring (bicyclic) bond motifs is 1. The lowest BCUT2D eigenvalue weighted by molar-refractivity contribution is 0.0274. The second kappa shape index (κ2) is 10.1. The van der Waals surface area contributed by atoms with E-state index in [4.69, 9.17) is 35.8 Å². The molecular weight excluding hydrogens is 506 g/mol. The van der Waals surface area contributed by atoms with E-state index in [1.165, 1.54) is 25.7 Å². The lowest BCUT2D eigenvalue weighted by Gasteiger charge is -2.39. The minimum atomic E-state index is -0.665. The third-order valence-electron chi connectivity index (χ3n) is 8.05. The molecule has 1 N–H and O–H groups in total. The molecule has 1 aliphatic heterocycles. The lowest BCUT2D eigenvalue weighted by Crippen LogP contribution is -2.49. The van der Waals surface area contributed by atoms with Crippen LogP contribution in [-0.2, 0) is 11.3 Å². The normalized spacial score (nSPS) is 24.3. The highest BCUT2D eigenvalue weighted by Crippen LogP contribution is 2.37. The van der Waals surface area contributed by atoms with E-state index >= 15 is 0 Å². The fraction of sp³-hybridized carbons (Fsp3) is 0.519. The number of hydrogen-bond acceptors (Lipinski definition) is 8. The number of rotatable bonds is 5. The smallest absolute Gasteiger partial charge is 0.375 e. The number of anilines is 1. The maximum absolute atomic E-state index is 11.7. The summed E-state index contributed by atoms with van der Waals surface area (Å²) in [5, 5.41) is 4.44. The number of benzene rings is 1. The van der Waals surface area contributed by atoms with Gasteiger partial charge in [0.1, 0.15) is 11.2 Å². The monoisotopic (exact) mass is 537 g/mol. The first kappa shape index (κ1) is 25.1. The molecule has 0 unspecified atom stereocenters. The van der Waals surface area contributed by atoms with Crippen molar-refractivity contribution in [2.24, 2.45) is 11.8 Å². The molecule has 1 saturated carbocycles. The molecule has 4 heterocycles. The molecule has 11 heteroatoms. The van der Waals surface area contributed by atoms with Gasteiger partial charge in [-0.1, -0.05) is 48.7 Å². The molecule has 2 aliphatic rings. The number of nitrogens with zero attached hydrogens (tertiary/aromatic N) is 6. The van der Waals surface area contributed by atoms with Crippen LogP contribution in [0.4, 0.5) is 5.95 Å². The molecule has 0 radical (unpaired) electrons. The van der Waals surface area contributed by atoms with Gasteiger partial charge in [0.15, 0.2) is 5.65 Å². The van der Waals surface area contributed by atoms with Crippen molar-refractivity contribution >= 4 is 28.7 Å². The van der Waals surface area contributed by atoms with Crippen molar-refractivity contribution in [2.45, 2.75) is 65.1 Å². The molecule has 4 aromatic rings. The van der Waals surface area contributed by atoms with E-state index in [2.05, 4.69) is 40.4 Å². The number of aromatic amines is 1. The van der Waals surface area contributed by atoms with Gasteiger partial charge in [-0.2, -0.15) is 4.98 Å². The summed E-state index contributed by atoms with van der Waals surface area (Å²) in [5.74, 6) is 1.90. The zero-order valence-electron chi connectivity index (χ0n) is 21.9. The first-order valence-corrected chi connectivity index (χ1v) is 13.7. The van der Waals surface area contributed by atoms with Crippen LogP contribution in [0.25, 0.3) is 34.1 Å². The van der Waals surface area contributed by atoms with E-state index in [9.17, 15) is 4.79 Å². The molecule has 2 atom stereocenters. The van der Waals surface area contributed by atoms with Gasteiger partial charge in [-0.15, -0.1) is 0 Å². The summed E-state index contributed by atoms with van der Waals surface area (Å²) in [6.07, 6.45) is 4.90. The SMILES string of the molecule is CC1CCC(Cn2c(N3CCO[C@H](C)[C@H]3C)nc3nc(-c4noc(=O)[nH]4)nc(-c4cccc(Cl)c4)c32)CC1. The Morgan fingerprint density at radius 3 is 2.66 bits per heavy atom. The summed E-state index contributed by atoms with van der Waals surface area (Å²) in [5.41, 5.74) is 2.92. The summed E-state index contributed by atoms with van der Waals surface area (Å²) in [6.45, 7) is 8.81. The number of halogens is 1. The lowest BCUT2D eigenvalue weighted by atomic mass is 9.83. The van der Waals surface area contributed by atoms with Gasteiger partial charge in [-0.25, -0.2) is 14.8 Å². The zero-order chi connectivity index (χ0) is 26.4. The fourth-order valence-electron chi connectivity index (χ4n) is 5.67. The molecular formula is C27H32ClN7O3. The summed E-state index contributed by atoms with van der Waals surface area (Å²) in [4.78, 5) is 31.4. The number of imidazole rings is 1. The molecule has 2 fully saturated rings. The maximum atomic E-state index is 11.7. The van der Waals surface area contributed by atoms with Crippen LogP contribution in [0.3, 0.4) is 0 Å². The summed E-state index contributed by atoms with van der Waals surface area (Å²) in [7, 11) is 0. The number of nitrogens with one attached hydrogen (secondary N) is 1. The van der Waals surface area contributed by atoms with Gasteiger partial charge >= 0.3 is 5.76 Å². The average molecular weight is 538 g/mol. The van der Waals surface area contributed by atoms with Crippen molar-refractivity contribution in [3.05, 3.63) is 39.8 Å². The highest BCUT2D eigenvalue weighted by atomic mass is 35.5. The molecule has 0 bridgehead atoms. The molecule has 3 aromatic heterocycles. The predicted octanol–water partition coefficient (Wildman–Crippen LogP) is 4.93. The molecule has 6 rings (SSSR count). The summed E-state index contributed by atoms with van der Waals surface area (Å²) in [6, 6.07) is 7.74. The molecule has 200 valence electrons. The molecule has 0 spiro atoms. The fourth-order valence-corrected chi connectivity index (χ4v) is 5.86. The third-order valence-corrected chi connectivity index (χ3v) is 8.29. The van der Waals surface area contributed by atoms with Gasteiger partial charge in [-0.3, -0.25) is 9.51 Å². The van der Waals surface area contributed by atoms with Gasteiger partial charge < -0.3 is 14.2 Å². The molecule has 38 heavy (non-hydrogen) atoms. The Morgan fingerprint density at radius 1 is 1.11 bits per heavy atom.